The summed E-state index contributed by atoms with van der Waals surface area (Å²) in [5, 5.41) is 6.66. The first-order valence-electron chi connectivity index (χ1n) is 6.66. The predicted molar refractivity (Wildman–Crippen MR) is 79.0 cm³/mol. The summed E-state index contributed by atoms with van der Waals surface area (Å²) >= 11 is 0. The van der Waals surface area contributed by atoms with Crippen LogP contribution in [0.4, 0.5) is 17.2 Å². The van der Waals surface area contributed by atoms with Gasteiger partial charge in [-0.3, -0.25) is 0 Å². The maximum atomic E-state index is 4.26. The van der Waals surface area contributed by atoms with E-state index in [1.807, 2.05) is 18.2 Å². The fraction of sp³-hybridized carbons (Fsp3) is 0.267. The van der Waals surface area contributed by atoms with Crippen molar-refractivity contribution in [1.29, 1.82) is 0 Å². The number of anilines is 3. The zero-order valence-corrected chi connectivity index (χ0v) is 10.8. The van der Waals surface area contributed by atoms with E-state index in [4.69, 9.17) is 0 Å². The Morgan fingerprint density at radius 2 is 1.79 bits per heavy atom. The summed E-state index contributed by atoms with van der Waals surface area (Å²) in [7, 11) is 0. The summed E-state index contributed by atoms with van der Waals surface area (Å²) in [5.41, 5.74) is 2.35. The molecule has 0 unspecified atom stereocenters. The number of nitrogens with zero attached hydrogens (tertiary/aromatic N) is 2. The second-order valence-electron chi connectivity index (χ2n) is 4.62. The second-order valence-corrected chi connectivity index (χ2v) is 4.62. The smallest absolute Gasteiger partial charge is 0.130 e. The molecule has 3 rings (SSSR count). The van der Waals surface area contributed by atoms with Crippen molar-refractivity contribution >= 4 is 17.2 Å². The topological polar surface area (TPSA) is 40.2 Å². The number of aromatic nitrogens is 1. The van der Waals surface area contributed by atoms with Crippen molar-refractivity contribution in [2.24, 2.45) is 0 Å². The van der Waals surface area contributed by atoms with Crippen molar-refractivity contribution in [2.75, 3.05) is 36.4 Å². The van der Waals surface area contributed by atoms with Crippen LogP contribution in [0.5, 0.6) is 0 Å². The van der Waals surface area contributed by atoms with Gasteiger partial charge in [-0.05, 0) is 36.4 Å². The van der Waals surface area contributed by atoms with E-state index in [-0.39, 0.29) is 0 Å². The van der Waals surface area contributed by atoms with Crippen molar-refractivity contribution in [3.63, 3.8) is 0 Å². The Morgan fingerprint density at radius 3 is 2.47 bits per heavy atom. The summed E-state index contributed by atoms with van der Waals surface area (Å²) in [5.74, 6) is 0.873. The lowest BCUT2D eigenvalue weighted by molar-refractivity contribution is 0.589. The number of nitrogens with one attached hydrogen (secondary N) is 2. The Labute approximate surface area is 113 Å². The number of piperazine rings is 1. The van der Waals surface area contributed by atoms with Crippen LogP contribution in [-0.2, 0) is 0 Å². The van der Waals surface area contributed by atoms with Crippen LogP contribution in [0, 0.1) is 0 Å². The molecule has 4 heteroatoms. The third-order valence-electron chi connectivity index (χ3n) is 3.29. The minimum Gasteiger partial charge on any atom is -0.369 e. The van der Waals surface area contributed by atoms with Gasteiger partial charge in [-0.25, -0.2) is 4.98 Å². The van der Waals surface area contributed by atoms with E-state index in [0.717, 1.165) is 37.7 Å². The first-order valence-corrected chi connectivity index (χ1v) is 6.66. The maximum Gasteiger partial charge on any atom is 0.130 e. The van der Waals surface area contributed by atoms with E-state index in [0.29, 0.717) is 0 Å². The highest BCUT2D eigenvalue weighted by Gasteiger charge is 2.09. The SMILES string of the molecule is c1ccc(Nc2ccc(N3CCNCC3)cc2)nc1. The molecule has 0 atom stereocenters. The molecule has 2 aromatic rings. The molecule has 2 N–H and O–H groups in total. The van der Waals surface area contributed by atoms with E-state index in [2.05, 4.69) is 44.8 Å². The first-order chi connectivity index (χ1) is 9.42. The molecular weight excluding hydrogens is 236 g/mol. The van der Waals surface area contributed by atoms with E-state index >= 15 is 0 Å². The maximum absolute atomic E-state index is 4.26. The van der Waals surface area contributed by atoms with Gasteiger partial charge in [0, 0.05) is 43.8 Å². The van der Waals surface area contributed by atoms with Crippen molar-refractivity contribution in [3.8, 4) is 0 Å². The van der Waals surface area contributed by atoms with Crippen molar-refractivity contribution < 1.29 is 0 Å². The van der Waals surface area contributed by atoms with Crippen molar-refractivity contribution in [2.45, 2.75) is 0 Å². The molecule has 1 aromatic heterocycles. The van der Waals surface area contributed by atoms with Crippen LogP contribution in [0.25, 0.3) is 0 Å². The molecule has 0 bridgehead atoms. The molecule has 0 spiro atoms. The summed E-state index contributed by atoms with van der Waals surface area (Å²) in [6, 6.07) is 14.4. The van der Waals surface area contributed by atoms with E-state index in [9.17, 15) is 0 Å². The molecule has 98 valence electrons. The Kier molecular flexibility index (Phi) is 3.61. The first kappa shape index (κ1) is 12.0. The van der Waals surface area contributed by atoms with Gasteiger partial charge in [0.15, 0.2) is 0 Å². The molecule has 0 radical (unpaired) electrons. The monoisotopic (exact) mass is 254 g/mol. The highest BCUT2D eigenvalue weighted by Crippen LogP contribution is 2.20. The summed E-state index contributed by atoms with van der Waals surface area (Å²) in [6.45, 7) is 4.28. The van der Waals surface area contributed by atoms with Gasteiger partial charge in [-0.2, -0.15) is 0 Å². The van der Waals surface area contributed by atoms with Crippen LogP contribution in [0.2, 0.25) is 0 Å². The molecule has 1 aliphatic heterocycles. The van der Waals surface area contributed by atoms with Crippen LogP contribution in [0.3, 0.4) is 0 Å². The Bertz CT molecular complexity index is 503. The fourth-order valence-corrected chi connectivity index (χ4v) is 2.26. The molecule has 1 saturated heterocycles. The third-order valence-corrected chi connectivity index (χ3v) is 3.29. The lowest BCUT2D eigenvalue weighted by Gasteiger charge is -2.29. The standard InChI is InChI=1S/C15H18N4/c1-2-8-17-15(3-1)18-13-4-6-14(7-5-13)19-11-9-16-10-12-19/h1-8,16H,9-12H2,(H,17,18). The van der Waals surface area contributed by atoms with Crippen LogP contribution in [0.15, 0.2) is 48.7 Å². The molecule has 0 aliphatic carbocycles. The largest absolute Gasteiger partial charge is 0.369 e. The molecule has 19 heavy (non-hydrogen) atoms. The molecule has 1 fully saturated rings. The van der Waals surface area contributed by atoms with Crippen LogP contribution in [0.1, 0.15) is 0 Å². The zero-order valence-electron chi connectivity index (χ0n) is 10.8. The number of pyridine rings is 1. The summed E-state index contributed by atoms with van der Waals surface area (Å²) in [6.07, 6.45) is 1.79. The molecule has 4 nitrogen and oxygen atoms in total. The zero-order chi connectivity index (χ0) is 12.9. The van der Waals surface area contributed by atoms with E-state index in [1.54, 1.807) is 6.20 Å². The quantitative estimate of drug-likeness (QED) is 0.881. The Balaban J connectivity index is 1.68. The molecule has 2 heterocycles. The summed E-state index contributed by atoms with van der Waals surface area (Å²) < 4.78 is 0. The fourth-order valence-electron chi connectivity index (χ4n) is 2.26. The van der Waals surface area contributed by atoms with Gasteiger partial charge in [0.1, 0.15) is 5.82 Å². The van der Waals surface area contributed by atoms with Crippen molar-refractivity contribution in [3.05, 3.63) is 48.7 Å². The second kappa shape index (κ2) is 5.71. The normalized spacial score (nSPS) is 15.3. The lowest BCUT2D eigenvalue weighted by atomic mass is 10.2. The molecule has 0 amide bonds. The van der Waals surface area contributed by atoms with Gasteiger partial charge in [0.2, 0.25) is 0 Å². The molecule has 1 aromatic carbocycles. The number of hydrogen-bond acceptors (Lipinski definition) is 4. The van der Waals surface area contributed by atoms with Gasteiger partial charge in [-0.15, -0.1) is 0 Å². The third kappa shape index (κ3) is 3.03. The average Bonchev–Trinajstić information content (AvgIpc) is 2.50. The van der Waals surface area contributed by atoms with E-state index in [1.165, 1.54) is 5.69 Å². The lowest BCUT2D eigenvalue weighted by Crippen LogP contribution is -2.43. The highest BCUT2D eigenvalue weighted by atomic mass is 15.2. The van der Waals surface area contributed by atoms with E-state index < -0.39 is 0 Å². The minimum absolute atomic E-state index is 0.873. The Morgan fingerprint density at radius 1 is 1.00 bits per heavy atom. The van der Waals surface area contributed by atoms with Gasteiger partial charge in [-0.1, -0.05) is 6.07 Å². The molecule has 1 aliphatic rings. The number of hydrogen-bond donors (Lipinski definition) is 2. The number of rotatable bonds is 3. The molecule has 0 saturated carbocycles. The van der Waals surface area contributed by atoms with Gasteiger partial charge < -0.3 is 15.5 Å². The highest BCUT2D eigenvalue weighted by molar-refractivity contribution is 5.60. The van der Waals surface area contributed by atoms with Crippen molar-refractivity contribution in [1.82, 2.24) is 10.3 Å². The molecular formula is C15H18N4. The number of benzene rings is 1. The average molecular weight is 254 g/mol. The van der Waals surface area contributed by atoms with Gasteiger partial charge >= 0.3 is 0 Å². The van der Waals surface area contributed by atoms with Crippen LogP contribution < -0.4 is 15.5 Å². The van der Waals surface area contributed by atoms with Gasteiger partial charge in [0.25, 0.3) is 0 Å². The predicted octanol–water partition coefficient (Wildman–Crippen LogP) is 2.23. The Hall–Kier alpha value is -2.07. The van der Waals surface area contributed by atoms with Crippen LogP contribution in [-0.4, -0.2) is 31.2 Å². The minimum atomic E-state index is 0.873. The van der Waals surface area contributed by atoms with Crippen LogP contribution >= 0.6 is 0 Å². The van der Waals surface area contributed by atoms with Gasteiger partial charge in [0.05, 0.1) is 0 Å². The summed E-state index contributed by atoms with van der Waals surface area (Å²) in [4.78, 5) is 6.66.